The molecule has 1 fully saturated rings. The maximum Gasteiger partial charge on any atom is 0.243 e. The van der Waals surface area contributed by atoms with E-state index in [0.717, 1.165) is 5.06 Å². The average Bonchev–Trinajstić information content (AvgIpc) is 2.47. The quantitative estimate of drug-likeness (QED) is 0.232. The van der Waals surface area contributed by atoms with Gasteiger partial charge >= 0.3 is 0 Å². The minimum Gasteiger partial charge on any atom is -0.384 e. The number of rotatable bonds is 7. The number of likely N-dealkylation sites (tertiary alicyclic amines) is 1. The number of amides is 2. The number of piperidine rings is 1. The Hall–Kier alpha value is -2.58. The van der Waals surface area contributed by atoms with Gasteiger partial charge in [0.05, 0.1) is 24.7 Å². The van der Waals surface area contributed by atoms with Gasteiger partial charge in [0.25, 0.3) is 0 Å². The van der Waals surface area contributed by atoms with Gasteiger partial charge in [0.2, 0.25) is 11.8 Å². The van der Waals surface area contributed by atoms with Crippen LogP contribution in [0.2, 0.25) is 0 Å². The summed E-state index contributed by atoms with van der Waals surface area (Å²) >= 11 is 0. The van der Waals surface area contributed by atoms with E-state index in [1.807, 2.05) is 0 Å². The predicted octanol–water partition coefficient (Wildman–Crippen LogP) is -1.09. The monoisotopic (exact) mass is 324 g/mol. The van der Waals surface area contributed by atoms with Gasteiger partial charge in [0, 0.05) is 13.5 Å². The van der Waals surface area contributed by atoms with Gasteiger partial charge in [-0.1, -0.05) is 5.22 Å². The second-order valence-corrected chi connectivity index (χ2v) is 5.08. The number of amidine groups is 1. The molecule has 1 heterocycles. The molecule has 2 amide bonds. The van der Waals surface area contributed by atoms with Gasteiger partial charge in [-0.3, -0.25) is 19.3 Å². The third-order valence-corrected chi connectivity index (χ3v) is 3.34. The molecule has 0 radical (unpaired) electrons. The number of nitrogens with two attached hydrogens (primary N) is 2. The Morgan fingerprint density at radius 3 is 2.70 bits per heavy atom. The number of nitrogens with zero attached hydrogens (tertiary/aromatic N) is 5. The first kappa shape index (κ1) is 18.5. The summed E-state index contributed by atoms with van der Waals surface area (Å²) in [6, 6.07) is 1.34. The fourth-order valence-corrected chi connectivity index (χ4v) is 2.42. The lowest BCUT2D eigenvalue weighted by Gasteiger charge is -2.39. The molecule has 23 heavy (non-hydrogen) atoms. The summed E-state index contributed by atoms with van der Waals surface area (Å²) < 4.78 is 0. The van der Waals surface area contributed by atoms with Crippen molar-refractivity contribution in [1.29, 1.82) is 10.8 Å². The van der Waals surface area contributed by atoms with E-state index in [9.17, 15) is 9.59 Å². The Balaban J connectivity index is 2.77. The van der Waals surface area contributed by atoms with Crippen molar-refractivity contribution in [1.82, 2.24) is 9.96 Å². The van der Waals surface area contributed by atoms with Gasteiger partial charge < -0.3 is 11.5 Å². The largest absolute Gasteiger partial charge is 0.384 e. The number of carbonyl (C=O) groups excluding carboxylic acids is 2. The molecular formula is C12H20N8O3. The highest BCUT2D eigenvalue weighted by atomic mass is 16.7. The van der Waals surface area contributed by atoms with Crippen molar-refractivity contribution in [3.8, 4) is 6.07 Å². The Kier molecular flexibility index (Phi) is 7.04. The first-order valence-corrected chi connectivity index (χ1v) is 6.92. The smallest absolute Gasteiger partial charge is 0.243 e. The number of primary amides is 1. The molecule has 0 saturated carbocycles. The zero-order chi connectivity index (χ0) is 17.4. The number of nitrogens with one attached hydrogen (secondary N) is 1. The second kappa shape index (κ2) is 8.76. The highest BCUT2D eigenvalue weighted by Gasteiger charge is 2.34. The van der Waals surface area contributed by atoms with Crippen LogP contribution in [-0.4, -0.2) is 59.4 Å². The first-order valence-electron chi connectivity index (χ1n) is 6.92. The minimum atomic E-state index is -0.547. The molecule has 5 N–H and O–H groups in total. The van der Waals surface area contributed by atoms with Crippen LogP contribution in [0, 0.1) is 16.9 Å². The van der Waals surface area contributed by atoms with E-state index in [2.05, 4.69) is 16.4 Å². The molecule has 1 rings (SSSR count). The number of nitriles is 1. The van der Waals surface area contributed by atoms with Gasteiger partial charge in [-0.15, -0.1) is 5.10 Å². The molecule has 1 aliphatic rings. The molecule has 11 heteroatoms. The van der Waals surface area contributed by atoms with Crippen LogP contribution < -0.4 is 11.5 Å². The molecule has 0 aromatic rings. The highest BCUT2D eigenvalue weighted by molar-refractivity contribution is 5.81. The Morgan fingerprint density at radius 1 is 1.48 bits per heavy atom. The molecule has 1 aliphatic heterocycles. The van der Waals surface area contributed by atoms with Gasteiger partial charge in [0.1, 0.15) is 6.61 Å². The number of carbonyl (C=O) groups is 2. The third-order valence-electron chi connectivity index (χ3n) is 3.34. The van der Waals surface area contributed by atoms with E-state index in [0.29, 0.717) is 12.8 Å². The molecule has 11 nitrogen and oxygen atoms in total. The summed E-state index contributed by atoms with van der Waals surface area (Å²) in [6.07, 6.45) is 1.01. The normalized spacial score (nSPS) is 22.2. The van der Waals surface area contributed by atoms with Gasteiger partial charge in [-0.05, 0) is 12.8 Å². The van der Waals surface area contributed by atoms with E-state index < -0.39 is 11.9 Å². The molecule has 0 spiro atoms. The van der Waals surface area contributed by atoms with Crippen molar-refractivity contribution in [2.24, 2.45) is 21.8 Å². The summed E-state index contributed by atoms with van der Waals surface area (Å²) in [5, 5.41) is 16.3. The predicted molar refractivity (Wildman–Crippen MR) is 78.4 cm³/mol. The lowest BCUT2D eigenvalue weighted by atomic mass is 9.98. The van der Waals surface area contributed by atoms with E-state index >= 15 is 0 Å². The molecule has 0 bridgehead atoms. The molecule has 0 aromatic heterocycles. The molecule has 0 aliphatic carbocycles. The molecular weight excluding hydrogens is 304 g/mol. The molecule has 126 valence electrons. The van der Waals surface area contributed by atoms with Crippen LogP contribution in [0.15, 0.2) is 10.3 Å². The fourth-order valence-electron chi connectivity index (χ4n) is 2.42. The summed E-state index contributed by atoms with van der Waals surface area (Å²) in [4.78, 5) is 29.9. The second-order valence-electron chi connectivity index (χ2n) is 5.08. The summed E-state index contributed by atoms with van der Waals surface area (Å²) in [5.74, 6) is -0.944. The van der Waals surface area contributed by atoms with Gasteiger partial charge in [-0.25, -0.2) is 5.06 Å². The van der Waals surface area contributed by atoms with Crippen molar-refractivity contribution in [2.75, 3.05) is 19.7 Å². The number of hydroxylamine groups is 2. The van der Waals surface area contributed by atoms with Crippen LogP contribution in [0.4, 0.5) is 0 Å². The van der Waals surface area contributed by atoms with Crippen molar-refractivity contribution in [2.45, 2.75) is 31.8 Å². The van der Waals surface area contributed by atoms with Crippen molar-refractivity contribution in [3.63, 3.8) is 0 Å². The summed E-state index contributed by atoms with van der Waals surface area (Å²) in [7, 11) is 0. The van der Waals surface area contributed by atoms with E-state index in [1.165, 1.54) is 6.92 Å². The average molecular weight is 324 g/mol. The van der Waals surface area contributed by atoms with Crippen LogP contribution in [0.3, 0.4) is 0 Å². The topological polar surface area (TPSA) is 174 Å². The van der Waals surface area contributed by atoms with Crippen LogP contribution in [0.1, 0.15) is 19.8 Å². The standard InChI is InChI=1S/C12H20N8O3/c1-8(21)20(23-7-11(14)17-18-16)10-3-2-9(4-13)19(5-10)6-12(15)22/h9-10H,2-3,5-7H2,1H3,(H2,15,22)(H3,14,16,17)/t9-,10+/m0/s1. The summed E-state index contributed by atoms with van der Waals surface area (Å²) in [6.45, 7) is 1.34. The van der Waals surface area contributed by atoms with Crippen molar-refractivity contribution >= 4 is 17.6 Å². The Morgan fingerprint density at radius 2 is 2.17 bits per heavy atom. The SMILES string of the molecule is CC(=O)N(OC/C(N)=N/N=N)[C@@H]1CC[C@@H](C#N)N(CC(N)=O)C1. The number of hydrogen-bond acceptors (Lipinski definition) is 7. The van der Waals surface area contributed by atoms with Crippen LogP contribution >= 0.6 is 0 Å². The summed E-state index contributed by atoms with van der Waals surface area (Å²) in [5.41, 5.74) is 17.2. The molecule has 0 unspecified atom stereocenters. The van der Waals surface area contributed by atoms with Crippen molar-refractivity contribution in [3.05, 3.63) is 0 Å². The van der Waals surface area contributed by atoms with E-state index in [-0.39, 0.29) is 37.5 Å². The zero-order valence-corrected chi connectivity index (χ0v) is 12.8. The van der Waals surface area contributed by atoms with Crippen LogP contribution in [0.5, 0.6) is 0 Å². The molecule has 0 aromatic carbocycles. The van der Waals surface area contributed by atoms with E-state index in [1.54, 1.807) is 4.90 Å². The zero-order valence-electron chi connectivity index (χ0n) is 12.8. The lowest BCUT2D eigenvalue weighted by Crippen LogP contribution is -2.54. The highest BCUT2D eigenvalue weighted by Crippen LogP contribution is 2.21. The Labute approximate surface area is 133 Å². The van der Waals surface area contributed by atoms with Crippen LogP contribution in [0.25, 0.3) is 0 Å². The third kappa shape index (κ3) is 5.61. The van der Waals surface area contributed by atoms with Gasteiger partial charge in [-0.2, -0.15) is 10.8 Å². The maximum atomic E-state index is 11.8. The maximum absolute atomic E-state index is 11.8. The van der Waals surface area contributed by atoms with E-state index in [4.69, 9.17) is 27.1 Å². The molecule has 2 atom stereocenters. The minimum absolute atomic E-state index is 0.0500. The van der Waals surface area contributed by atoms with Crippen molar-refractivity contribution < 1.29 is 14.4 Å². The van der Waals surface area contributed by atoms with Gasteiger partial charge in [0.15, 0.2) is 5.84 Å². The lowest BCUT2D eigenvalue weighted by molar-refractivity contribution is -0.197. The fraction of sp³-hybridized carbons (Fsp3) is 0.667. The number of hydrogen-bond donors (Lipinski definition) is 3. The Bertz CT molecular complexity index is 529. The molecule has 1 saturated heterocycles. The van der Waals surface area contributed by atoms with Crippen LogP contribution in [-0.2, 0) is 14.4 Å². The first-order chi connectivity index (χ1) is 10.9.